The van der Waals surface area contributed by atoms with Crippen molar-refractivity contribution in [3.63, 3.8) is 0 Å². The highest BCUT2D eigenvalue weighted by molar-refractivity contribution is 5.37. The van der Waals surface area contributed by atoms with Crippen molar-refractivity contribution in [2.45, 2.75) is 25.4 Å². The number of hydrogen-bond donors (Lipinski definition) is 1. The molecule has 4 rings (SSSR count). The van der Waals surface area contributed by atoms with Crippen molar-refractivity contribution in [1.82, 2.24) is 25.3 Å². The van der Waals surface area contributed by atoms with E-state index in [1.165, 1.54) is 6.42 Å². The molecule has 122 valence electrons. The van der Waals surface area contributed by atoms with Gasteiger partial charge in [-0.3, -0.25) is 4.98 Å². The first-order valence-corrected chi connectivity index (χ1v) is 8.18. The number of aromatic nitrogens is 4. The van der Waals surface area contributed by atoms with Gasteiger partial charge >= 0.3 is 0 Å². The first kappa shape index (κ1) is 14.8. The quantitative estimate of drug-likeness (QED) is 0.783. The van der Waals surface area contributed by atoms with E-state index in [1.807, 2.05) is 47.3 Å². The van der Waals surface area contributed by atoms with Gasteiger partial charge in [-0.1, -0.05) is 23.4 Å². The number of nitrogens with zero attached hydrogens (tertiary/aromatic N) is 4. The van der Waals surface area contributed by atoms with E-state index in [9.17, 15) is 0 Å². The standard InChI is InChI=1S/C18H19N5O/c1-2-8-18(24-15-6-3-9-19-11-15)14(5-1)12-23-13-17(21-22-23)16-7-4-10-20-16/h1-3,5-6,8-9,11,13,16,20H,4,7,10,12H2. The second-order valence-corrected chi connectivity index (χ2v) is 5.89. The minimum Gasteiger partial charge on any atom is -0.455 e. The van der Waals surface area contributed by atoms with E-state index in [0.29, 0.717) is 12.6 Å². The number of benzene rings is 1. The smallest absolute Gasteiger partial charge is 0.145 e. The normalized spacial score (nSPS) is 17.1. The fourth-order valence-corrected chi connectivity index (χ4v) is 2.93. The molecule has 0 aliphatic carbocycles. The molecule has 0 spiro atoms. The number of hydrogen-bond acceptors (Lipinski definition) is 5. The second kappa shape index (κ2) is 6.80. The molecule has 24 heavy (non-hydrogen) atoms. The molecule has 1 fully saturated rings. The Balaban J connectivity index is 1.52. The first-order chi connectivity index (χ1) is 11.9. The summed E-state index contributed by atoms with van der Waals surface area (Å²) in [6.07, 6.45) is 7.77. The molecular formula is C18H19N5O. The maximum atomic E-state index is 5.95. The summed E-state index contributed by atoms with van der Waals surface area (Å²) in [6, 6.07) is 12.0. The number of para-hydroxylation sites is 1. The molecule has 1 unspecified atom stereocenters. The molecule has 1 aliphatic rings. The third kappa shape index (κ3) is 3.28. The van der Waals surface area contributed by atoms with Crippen LogP contribution < -0.4 is 10.1 Å². The fourth-order valence-electron chi connectivity index (χ4n) is 2.93. The molecule has 6 nitrogen and oxygen atoms in total. The highest BCUT2D eigenvalue weighted by Gasteiger charge is 2.19. The van der Waals surface area contributed by atoms with Crippen molar-refractivity contribution in [3.05, 3.63) is 66.2 Å². The third-order valence-corrected chi connectivity index (χ3v) is 4.14. The van der Waals surface area contributed by atoms with Gasteiger partial charge < -0.3 is 10.1 Å². The van der Waals surface area contributed by atoms with Gasteiger partial charge in [-0.05, 0) is 37.6 Å². The van der Waals surface area contributed by atoms with E-state index >= 15 is 0 Å². The molecule has 3 heterocycles. The van der Waals surface area contributed by atoms with Crippen molar-refractivity contribution in [1.29, 1.82) is 0 Å². The Kier molecular flexibility index (Phi) is 4.20. The zero-order valence-corrected chi connectivity index (χ0v) is 13.3. The van der Waals surface area contributed by atoms with Gasteiger partial charge in [-0.2, -0.15) is 0 Å². The first-order valence-electron chi connectivity index (χ1n) is 8.18. The SMILES string of the molecule is c1cncc(Oc2ccccc2Cn2cc(C3CCCN3)nn2)c1. The monoisotopic (exact) mass is 321 g/mol. The van der Waals surface area contributed by atoms with Gasteiger partial charge in [0.05, 0.1) is 30.7 Å². The molecule has 1 aromatic carbocycles. The summed E-state index contributed by atoms with van der Waals surface area (Å²) >= 11 is 0. The summed E-state index contributed by atoms with van der Waals surface area (Å²) in [5.74, 6) is 1.53. The van der Waals surface area contributed by atoms with E-state index in [4.69, 9.17) is 4.74 Å². The molecule has 1 atom stereocenters. The van der Waals surface area contributed by atoms with Gasteiger partial charge in [-0.25, -0.2) is 4.68 Å². The van der Waals surface area contributed by atoms with Crippen LogP contribution in [0.1, 0.15) is 30.1 Å². The van der Waals surface area contributed by atoms with Gasteiger partial charge in [0.15, 0.2) is 0 Å². The molecule has 1 N–H and O–H groups in total. The predicted octanol–water partition coefficient (Wildman–Crippen LogP) is 2.94. The minimum atomic E-state index is 0.334. The molecule has 0 saturated carbocycles. The topological polar surface area (TPSA) is 64.9 Å². The van der Waals surface area contributed by atoms with Crippen molar-refractivity contribution in [3.8, 4) is 11.5 Å². The lowest BCUT2D eigenvalue weighted by molar-refractivity contribution is 0.469. The van der Waals surface area contributed by atoms with Gasteiger partial charge in [0.25, 0.3) is 0 Å². The van der Waals surface area contributed by atoms with E-state index in [0.717, 1.165) is 35.7 Å². The van der Waals surface area contributed by atoms with E-state index in [2.05, 4.69) is 20.6 Å². The Morgan fingerprint density at radius 3 is 3.00 bits per heavy atom. The highest BCUT2D eigenvalue weighted by atomic mass is 16.5. The molecule has 0 bridgehead atoms. The average molecular weight is 321 g/mol. The number of ether oxygens (including phenoxy) is 1. The molecule has 0 amide bonds. The molecule has 6 heteroatoms. The van der Waals surface area contributed by atoms with Crippen molar-refractivity contribution >= 4 is 0 Å². The summed E-state index contributed by atoms with van der Waals surface area (Å²) in [7, 11) is 0. The van der Waals surface area contributed by atoms with Gasteiger partial charge in [0, 0.05) is 11.8 Å². The Morgan fingerprint density at radius 1 is 1.21 bits per heavy atom. The number of nitrogens with one attached hydrogen (secondary N) is 1. The molecule has 0 radical (unpaired) electrons. The minimum absolute atomic E-state index is 0.334. The highest BCUT2D eigenvalue weighted by Crippen LogP contribution is 2.26. The maximum Gasteiger partial charge on any atom is 0.145 e. The average Bonchev–Trinajstić information content (AvgIpc) is 3.29. The lowest BCUT2D eigenvalue weighted by Crippen LogP contribution is -2.13. The van der Waals surface area contributed by atoms with Crippen LogP contribution in [0.5, 0.6) is 11.5 Å². The van der Waals surface area contributed by atoms with Gasteiger partial charge in [0.1, 0.15) is 11.5 Å². The van der Waals surface area contributed by atoms with Crippen LogP contribution in [0.2, 0.25) is 0 Å². The predicted molar refractivity (Wildman–Crippen MR) is 89.9 cm³/mol. The molecule has 2 aromatic heterocycles. The third-order valence-electron chi connectivity index (χ3n) is 4.14. The maximum absolute atomic E-state index is 5.95. The summed E-state index contributed by atoms with van der Waals surface area (Å²) in [5, 5.41) is 12.0. The summed E-state index contributed by atoms with van der Waals surface area (Å²) in [6.45, 7) is 1.68. The summed E-state index contributed by atoms with van der Waals surface area (Å²) in [4.78, 5) is 4.08. The molecule has 1 saturated heterocycles. The van der Waals surface area contributed by atoms with Crippen molar-refractivity contribution in [2.75, 3.05) is 6.54 Å². The molecule has 1 aliphatic heterocycles. The van der Waals surface area contributed by atoms with Crippen LogP contribution in [-0.4, -0.2) is 26.5 Å². The Hall–Kier alpha value is -2.73. The van der Waals surface area contributed by atoms with Crippen LogP contribution in [-0.2, 0) is 6.54 Å². The van der Waals surface area contributed by atoms with Crippen LogP contribution in [0, 0.1) is 0 Å². The lowest BCUT2D eigenvalue weighted by atomic mass is 10.2. The zero-order valence-electron chi connectivity index (χ0n) is 13.3. The van der Waals surface area contributed by atoms with Crippen LogP contribution in [0.15, 0.2) is 55.0 Å². The van der Waals surface area contributed by atoms with Crippen LogP contribution in [0.25, 0.3) is 0 Å². The fraction of sp³-hybridized carbons (Fsp3) is 0.278. The van der Waals surface area contributed by atoms with Crippen molar-refractivity contribution < 1.29 is 4.74 Å². The largest absolute Gasteiger partial charge is 0.455 e. The summed E-state index contributed by atoms with van der Waals surface area (Å²) in [5.41, 5.74) is 2.07. The zero-order chi connectivity index (χ0) is 16.2. The van der Waals surface area contributed by atoms with Crippen LogP contribution >= 0.6 is 0 Å². The summed E-state index contributed by atoms with van der Waals surface area (Å²) < 4.78 is 7.81. The number of rotatable bonds is 5. The van der Waals surface area contributed by atoms with E-state index < -0.39 is 0 Å². The number of pyridine rings is 1. The Labute approximate surface area is 140 Å². The van der Waals surface area contributed by atoms with Crippen LogP contribution in [0.4, 0.5) is 0 Å². The van der Waals surface area contributed by atoms with Gasteiger partial charge in [0.2, 0.25) is 0 Å². The Morgan fingerprint density at radius 2 is 2.17 bits per heavy atom. The van der Waals surface area contributed by atoms with E-state index in [1.54, 1.807) is 12.4 Å². The molecule has 3 aromatic rings. The van der Waals surface area contributed by atoms with Crippen molar-refractivity contribution in [2.24, 2.45) is 0 Å². The van der Waals surface area contributed by atoms with Gasteiger partial charge in [-0.15, -0.1) is 5.10 Å². The molecular weight excluding hydrogens is 302 g/mol. The second-order valence-electron chi connectivity index (χ2n) is 5.89. The van der Waals surface area contributed by atoms with Crippen LogP contribution in [0.3, 0.4) is 0 Å². The van der Waals surface area contributed by atoms with E-state index in [-0.39, 0.29) is 0 Å². The lowest BCUT2D eigenvalue weighted by Gasteiger charge is -2.10. The Bertz CT molecular complexity index is 796.